The van der Waals surface area contributed by atoms with Crippen LogP contribution in [0.1, 0.15) is 32.2 Å². The van der Waals surface area contributed by atoms with Gasteiger partial charge in [0.05, 0.1) is 0 Å². The van der Waals surface area contributed by atoms with E-state index in [0.29, 0.717) is 11.7 Å². The minimum atomic E-state index is -0.117. The Kier molecular flexibility index (Phi) is 3.08. The Balaban J connectivity index is 2.44. The van der Waals surface area contributed by atoms with E-state index in [-0.39, 0.29) is 5.41 Å². The van der Waals surface area contributed by atoms with Crippen LogP contribution < -0.4 is 0 Å². The standard InChI is InChI=1S/C13H15BrN2O/c1-8-7-9(14)5-6-10(8)11-15-12(17-16-11)13(2,3)4/h5-7H,1-4H3. The lowest BCUT2D eigenvalue weighted by atomic mass is 9.97. The van der Waals surface area contributed by atoms with E-state index >= 15 is 0 Å². The summed E-state index contributed by atoms with van der Waals surface area (Å²) in [5.74, 6) is 1.31. The van der Waals surface area contributed by atoms with Gasteiger partial charge in [0.1, 0.15) is 0 Å². The Morgan fingerprint density at radius 2 is 1.94 bits per heavy atom. The van der Waals surface area contributed by atoms with E-state index in [4.69, 9.17) is 4.52 Å². The molecule has 2 aromatic rings. The van der Waals surface area contributed by atoms with Crippen molar-refractivity contribution in [3.63, 3.8) is 0 Å². The van der Waals surface area contributed by atoms with Gasteiger partial charge in [-0.05, 0) is 30.7 Å². The number of benzene rings is 1. The zero-order chi connectivity index (χ0) is 12.6. The van der Waals surface area contributed by atoms with E-state index < -0.39 is 0 Å². The average Bonchev–Trinajstić information content (AvgIpc) is 2.65. The smallest absolute Gasteiger partial charge is 0.232 e. The maximum Gasteiger partial charge on any atom is 0.232 e. The van der Waals surface area contributed by atoms with Crippen LogP contribution in [-0.2, 0) is 5.41 Å². The highest BCUT2D eigenvalue weighted by atomic mass is 79.9. The first-order valence-corrected chi connectivity index (χ1v) is 6.28. The molecule has 0 fully saturated rings. The molecule has 1 heterocycles. The summed E-state index contributed by atoms with van der Waals surface area (Å²) in [6.45, 7) is 8.20. The molecule has 0 atom stereocenters. The Morgan fingerprint density at radius 3 is 2.47 bits per heavy atom. The summed E-state index contributed by atoms with van der Waals surface area (Å²) in [4.78, 5) is 4.45. The van der Waals surface area contributed by atoms with Gasteiger partial charge in [-0.25, -0.2) is 0 Å². The van der Waals surface area contributed by atoms with Crippen molar-refractivity contribution in [2.24, 2.45) is 0 Å². The first kappa shape index (κ1) is 12.3. The van der Waals surface area contributed by atoms with Gasteiger partial charge in [0.25, 0.3) is 0 Å². The Hall–Kier alpha value is -1.16. The molecule has 17 heavy (non-hydrogen) atoms. The Bertz CT molecular complexity index is 541. The van der Waals surface area contributed by atoms with E-state index in [9.17, 15) is 0 Å². The van der Waals surface area contributed by atoms with Gasteiger partial charge >= 0.3 is 0 Å². The van der Waals surface area contributed by atoms with Gasteiger partial charge in [0.2, 0.25) is 11.7 Å². The van der Waals surface area contributed by atoms with Crippen LogP contribution in [0, 0.1) is 6.92 Å². The van der Waals surface area contributed by atoms with Crippen LogP contribution in [0.4, 0.5) is 0 Å². The summed E-state index contributed by atoms with van der Waals surface area (Å²) in [7, 11) is 0. The first-order valence-electron chi connectivity index (χ1n) is 5.48. The first-order chi connectivity index (χ1) is 7.88. The molecule has 1 aromatic heterocycles. The van der Waals surface area contributed by atoms with Gasteiger partial charge in [-0.3, -0.25) is 0 Å². The van der Waals surface area contributed by atoms with Gasteiger partial charge in [-0.15, -0.1) is 0 Å². The third kappa shape index (κ3) is 2.57. The second-order valence-corrected chi connectivity index (χ2v) is 6.05. The monoisotopic (exact) mass is 294 g/mol. The van der Waals surface area contributed by atoms with Gasteiger partial charge in [-0.1, -0.05) is 41.9 Å². The van der Waals surface area contributed by atoms with E-state index in [1.54, 1.807) is 0 Å². The van der Waals surface area contributed by atoms with Gasteiger partial charge < -0.3 is 4.52 Å². The van der Waals surface area contributed by atoms with Crippen molar-refractivity contribution in [2.45, 2.75) is 33.1 Å². The molecule has 0 N–H and O–H groups in total. The molecule has 0 aliphatic rings. The van der Waals surface area contributed by atoms with Crippen molar-refractivity contribution in [3.8, 4) is 11.4 Å². The zero-order valence-electron chi connectivity index (χ0n) is 10.4. The fourth-order valence-corrected chi connectivity index (χ4v) is 1.99. The second kappa shape index (κ2) is 4.26. The highest BCUT2D eigenvalue weighted by Gasteiger charge is 2.22. The fourth-order valence-electron chi connectivity index (χ4n) is 1.52. The molecule has 2 rings (SSSR count). The number of nitrogens with zero attached hydrogens (tertiary/aromatic N) is 2. The summed E-state index contributed by atoms with van der Waals surface area (Å²) >= 11 is 3.44. The molecule has 0 amide bonds. The number of aryl methyl sites for hydroxylation is 1. The summed E-state index contributed by atoms with van der Waals surface area (Å²) < 4.78 is 6.35. The predicted molar refractivity (Wildman–Crippen MR) is 70.9 cm³/mol. The molecule has 3 nitrogen and oxygen atoms in total. The van der Waals surface area contributed by atoms with Crippen LogP contribution in [0.2, 0.25) is 0 Å². The Labute approximate surface area is 109 Å². The normalized spacial score (nSPS) is 11.8. The van der Waals surface area contributed by atoms with Gasteiger partial charge in [0, 0.05) is 15.5 Å². The molecule has 1 aromatic carbocycles. The molecule has 0 spiro atoms. The third-order valence-electron chi connectivity index (χ3n) is 2.50. The molecule has 0 radical (unpaired) electrons. The molecule has 0 aliphatic heterocycles. The van der Waals surface area contributed by atoms with Crippen LogP contribution >= 0.6 is 15.9 Å². The van der Waals surface area contributed by atoms with Crippen molar-refractivity contribution >= 4 is 15.9 Å². The molecular weight excluding hydrogens is 280 g/mol. The van der Waals surface area contributed by atoms with Crippen LogP contribution in [0.5, 0.6) is 0 Å². The van der Waals surface area contributed by atoms with E-state index in [0.717, 1.165) is 15.6 Å². The number of rotatable bonds is 1. The molecule has 0 unspecified atom stereocenters. The molecule has 0 saturated heterocycles. The Morgan fingerprint density at radius 1 is 1.24 bits per heavy atom. The minimum Gasteiger partial charge on any atom is -0.338 e. The number of halogens is 1. The van der Waals surface area contributed by atoms with E-state index in [1.807, 2.05) is 25.1 Å². The average molecular weight is 295 g/mol. The van der Waals surface area contributed by atoms with E-state index in [1.165, 1.54) is 0 Å². The lowest BCUT2D eigenvalue weighted by molar-refractivity contribution is 0.321. The quantitative estimate of drug-likeness (QED) is 0.795. The number of aromatic nitrogens is 2. The predicted octanol–water partition coefficient (Wildman–Crippen LogP) is 4.11. The van der Waals surface area contributed by atoms with Crippen LogP contribution in [-0.4, -0.2) is 10.1 Å². The zero-order valence-corrected chi connectivity index (χ0v) is 12.0. The van der Waals surface area contributed by atoms with E-state index in [2.05, 4.69) is 46.8 Å². The third-order valence-corrected chi connectivity index (χ3v) is 2.99. The van der Waals surface area contributed by atoms with Gasteiger partial charge in [-0.2, -0.15) is 4.98 Å². The summed E-state index contributed by atoms with van der Waals surface area (Å²) in [6, 6.07) is 6.02. The molecule has 90 valence electrons. The van der Waals surface area contributed by atoms with Crippen LogP contribution in [0.15, 0.2) is 27.2 Å². The van der Waals surface area contributed by atoms with Crippen molar-refractivity contribution in [1.82, 2.24) is 10.1 Å². The SMILES string of the molecule is Cc1cc(Br)ccc1-c1noc(C(C)(C)C)n1. The van der Waals surface area contributed by atoms with Crippen LogP contribution in [0.25, 0.3) is 11.4 Å². The maximum atomic E-state index is 5.30. The van der Waals surface area contributed by atoms with Gasteiger partial charge in [0.15, 0.2) is 0 Å². The topological polar surface area (TPSA) is 38.9 Å². The maximum absolute atomic E-state index is 5.30. The number of hydrogen-bond donors (Lipinski definition) is 0. The largest absolute Gasteiger partial charge is 0.338 e. The molecule has 4 heteroatoms. The second-order valence-electron chi connectivity index (χ2n) is 5.13. The lowest BCUT2D eigenvalue weighted by Crippen LogP contribution is -2.11. The number of hydrogen-bond acceptors (Lipinski definition) is 3. The van der Waals surface area contributed by atoms with Crippen molar-refractivity contribution in [3.05, 3.63) is 34.1 Å². The summed E-state index contributed by atoms with van der Waals surface area (Å²) in [5, 5.41) is 4.04. The summed E-state index contributed by atoms with van der Waals surface area (Å²) in [5.41, 5.74) is 2.02. The fraction of sp³-hybridized carbons (Fsp3) is 0.385. The summed E-state index contributed by atoms with van der Waals surface area (Å²) in [6.07, 6.45) is 0. The molecule has 0 bridgehead atoms. The molecular formula is C13H15BrN2O. The molecule has 0 aliphatic carbocycles. The highest BCUT2D eigenvalue weighted by Crippen LogP contribution is 2.27. The van der Waals surface area contributed by atoms with Crippen molar-refractivity contribution in [2.75, 3.05) is 0 Å². The van der Waals surface area contributed by atoms with Crippen LogP contribution in [0.3, 0.4) is 0 Å². The molecule has 0 saturated carbocycles. The van der Waals surface area contributed by atoms with Crippen molar-refractivity contribution < 1.29 is 4.52 Å². The minimum absolute atomic E-state index is 0.117. The van der Waals surface area contributed by atoms with Crippen molar-refractivity contribution in [1.29, 1.82) is 0 Å². The lowest BCUT2D eigenvalue weighted by Gasteiger charge is -2.10. The highest BCUT2D eigenvalue weighted by molar-refractivity contribution is 9.10.